The Kier molecular flexibility index (Phi) is 4.54. The monoisotopic (exact) mass is 301 g/mol. The molecule has 17 heavy (non-hydrogen) atoms. The second-order valence-electron chi connectivity index (χ2n) is 4.59. The predicted octanol–water partition coefficient (Wildman–Crippen LogP) is 3.29. The maximum Gasteiger partial charge on any atom is 0.412 e. The lowest BCUT2D eigenvalue weighted by molar-refractivity contribution is 0.0635. The second-order valence-corrected chi connectivity index (χ2v) is 5.50. The number of hydrogen-bond acceptors (Lipinski definition) is 3. The first-order valence-electron chi connectivity index (χ1n) is 5.21. The van der Waals surface area contributed by atoms with Crippen molar-refractivity contribution in [2.24, 2.45) is 0 Å². The molecular weight excluding hydrogens is 286 g/mol. The van der Waals surface area contributed by atoms with Gasteiger partial charge >= 0.3 is 6.09 Å². The molecule has 0 fully saturated rings. The van der Waals surface area contributed by atoms with Crippen molar-refractivity contribution in [1.29, 1.82) is 0 Å². The lowest BCUT2D eigenvalue weighted by Crippen LogP contribution is -2.27. The van der Waals surface area contributed by atoms with Gasteiger partial charge in [-0.2, -0.15) is 0 Å². The zero-order valence-corrected chi connectivity index (χ0v) is 11.7. The van der Waals surface area contributed by atoms with Crippen molar-refractivity contribution in [3.05, 3.63) is 28.2 Å². The van der Waals surface area contributed by atoms with E-state index in [2.05, 4.69) is 21.2 Å². The Morgan fingerprint density at radius 3 is 2.65 bits per heavy atom. The number of hydrogen-bond donors (Lipinski definition) is 2. The smallest absolute Gasteiger partial charge is 0.412 e. The van der Waals surface area contributed by atoms with Gasteiger partial charge in [0, 0.05) is 15.7 Å². The zero-order chi connectivity index (χ0) is 13.1. The highest BCUT2D eigenvalue weighted by Crippen LogP contribution is 2.21. The van der Waals surface area contributed by atoms with Gasteiger partial charge in [-0.15, -0.1) is 0 Å². The molecule has 0 heterocycles. The summed E-state index contributed by atoms with van der Waals surface area (Å²) in [6.45, 7) is 5.23. The van der Waals surface area contributed by atoms with Crippen molar-refractivity contribution in [3.8, 4) is 0 Å². The van der Waals surface area contributed by atoms with Gasteiger partial charge in [-0.05, 0) is 39.0 Å². The fraction of sp³-hybridized carbons (Fsp3) is 0.417. The molecule has 0 unspecified atom stereocenters. The molecular formula is C12H16BrNO3. The quantitative estimate of drug-likeness (QED) is 0.881. The van der Waals surface area contributed by atoms with Crippen LogP contribution in [0.2, 0.25) is 0 Å². The van der Waals surface area contributed by atoms with Gasteiger partial charge in [-0.1, -0.05) is 15.9 Å². The molecule has 0 atom stereocenters. The molecule has 0 bridgehead atoms. The fourth-order valence-electron chi connectivity index (χ4n) is 1.23. The van der Waals surface area contributed by atoms with Gasteiger partial charge in [0.15, 0.2) is 0 Å². The Bertz CT molecular complexity index is 413. The lowest BCUT2D eigenvalue weighted by Gasteiger charge is -2.20. The number of benzene rings is 1. The van der Waals surface area contributed by atoms with Crippen molar-refractivity contribution in [3.63, 3.8) is 0 Å². The predicted molar refractivity (Wildman–Crippen MR) is 69.9 cm³/mol. The molecule has 2 N–H and O–H groups in total. The first kappa shape index (κ1) is 14.0. The van der Waals surface area contributed by atoms with E-state index in [-0.39, 0.29) is 6.61 Å². The van der Waals surface area contributed by atoms with Crippen LogP contribution >= 0.6 is 15.9 Å². The molecule has 0 saturated heterocycles. The number of rotatable bonds is 2. The van der Waals surface area contributed by atoms with E-state index < -0.39 is 11.7 Å². The van der Waals surface area contributed by atoms with E-state index >= 15 is 0 Å². The molecule has 0 aromatic heterocycles. The van der Waals surface area contributed by atoms with E-state index in [4.69, 9.17) is 4.74 Å². The van der Waals surface area contributed by atoms with Crippen molar-refractivity contribution >= 4 is 27.7 Å². The first-order valence-corrected chi connectivity index (χ1v) is 6.00. The Balaban J connectivity index is 2.78. The highest BCUT2D eigenvalue weighted by atomic mass is 79.9. The summed E-state index contributed by atoms with van der Waals surface area (Å²) in [4.78, 5) is 11.6. The molecule has 1 aromatic carbocycles. The standard InChI is InChI=1S/C12H16BrNO3/c1-12(2,3)17-11(16)14-10-5-4-9(13)6-8(10)7-15/h4-6,15H,7H2,1-3H3,(H,14,16). The summed E-state index contributed by atoms with van der Waals surface area (Å²) in [5, 5.41) is 11.8. The third-order valence-corrected chi connectivity index (χ3v) is 2.37. The normalized spacial score (nSPS) is 11.1. The number of aliphatic hydroxyl groups is 1. The van der Waals surface area contributed by atoms with Crippen LogP contribution in [0.15, 0.2) is 22.7 Å². The van der Waals surface area contributed by atoms with Crippen LogP contribution in [0, 0.1) is 0 Å². The Morgan fingerprint density at radius 1 is 1.47 bits per heavy atom. The summed E-state index contributed by atoms with van der Waals surface area (Å²) in [6, 6.07) is 5.23. The zero-order valence-electron chi connectivity index (χ0n) is 10.1. The van der Waals surface area contributed by atoms with Gasteiger partial charge < -0.3 is 9.84 Å². The fourth-order valence-corrected chi connectivity index (χ4v) is 1.64. The number of carbonyl (C=O) groups is 1. The second kappa shape index (κ2) is 5.51. The van der Waals surface area contributed by atoms with Crippen LogP contribution in [0.5, 0.6) is 0 Å². The van der Waals surface area contributed by atoms with Gasteiger partial charge in [0.1, 0.15) is 5.60 Å². The van der Waals surface area contributed by atoms with E-state index in [1.807, 2.05) is 0 Å². The van der Waals surface area contributed by atoms with Crippen LogP contribution in [0.1, 0.15) is 26.3 Å². The van der Waals surface area contributed by atoms with Crippen LogP contribution in [0.4, 0.5) is 10.5 Å². The third-order valence-electron chi connectivity index (χ3n) is 1.87. The molecule has 94 valence electrons. The number of carbonyl (C=O) groups excluding carboxylic acids is 1. The van der Waals surface area contributed by atoms with Crippen LogP contribution in [-0.2, 0) is 11.3 Å². The minimum Gasteiger partial charge on any atom is -0.444 e. The average Bonchev–Trinajstić information content (AvgIpc) is 2.17. The van der Waals surface area contributed by atoms with Crippen LogP contribution < -0.4 is 5.32 Å². The molecule has 0 aliphatic carbocycles. The Morgan fingerprint density at radius 2 is 2.12 bits per heavy atom. The summed E-state index contributed by atoms with van der Waals surface area (Å²) in [5.41, 5.74) is 0.633. The minimum absolute atomic E-state index is 0.148. The summed E-state index contributed by atoms with van der Waals surface area (Å²) in [5.74, 6) is 0. The van der Waals surface area contributed by atoms with Crippen molar-refractivity contribution < 1.29 is 14.6 Å². The highest BCUT2D eigenvalue weighted by molar-refractivity contribution is 9.10. The molecule has 1 amide bonds. The molecule has 0 radical (unpaired) electrons. The van der Waals surface area contributed by atoms with Crippen LogP contribution in [-0.4, -0.2) is 16.8 Å². The first-order chi connectivity index (χ1) is 7.81. The topological polar surface area (TPSA) is 58.6 Å². The van der Waals surface area contributed by atoms with Crippen molar-refractivity contribution in [2.75, 3.05) is 5.32 Å². The number of amides is 1. The SMILES string of the molecule is CC(C)(C)OC(=O)Nc1ccc(Br)cc1CO. The average molecular weight is 302 g/mol. The molecule has 0 spiro atoms. The van der Waals surface area contributed by atoms with E-state index in [9.17, 15) is 9.90 Å². The van der Waals surface area contributed by atoms with Crippen LogP contribution in [0.25, 0.3) is 0 Å². The van der Waals surface area contributed by atoms with Gasteiger partial charge in [0.25, 0.3) is 0 Å². The van der Waals surface area contributed by atoms with E-state index in [0.29, 0.717) is 11.3 Å². The largest absolute Gasteiger partial charge is 0.444 e. The van der Waals surface area contributed by atoms with E-state index in [0.717, 1.165) is 4.47 Å². The van der Waals surface area contributed by atoms with Crippen molar-refractivity contribution in [1.82, 2.24) is 0 Å². The highest BCUT2D eigenvalue weighted by Gasteiger charge is 2.17. The molecule has 1 aromatic rings. The molecule has 5 heteroatoms. The maximum atomic E-state index is 11.6. The number of halogens is 1. The molecule has 0 aliphatic heterocycles. The summed E-state index contributed by atoms with van der Waals surface area (Å²) in [7, 11) is 0. The van der Waals surface area contributed by atoms with Gasteiger partial charge in [-0.25, -0.2) is 4.79 Å². The van der Waals surface area contributed by atoms with E-state index in [1.165, 1.54) is 0 Å². The molecule has 0 saturated carbocycles. The van der Waals surface area contributed by atoms with Gasteiger partial charge in [0.05, 0.1) is 6.61 Å². The lowest BCUT2D eigenvalue weighted by atomic mass is 10.2. The van der Waals surface area contributed by atoms with Gasteiger partial charge in [0.2, 0.25) is 0 Å². The molecule has 4 nitrogen and oxygen atoms in total. The molecule has 0 aliphatic rings. The summed E-state index contributed by atoms with van der Waals surface area (Å²) < 4.78 is 5.97. The van der Waals surface area contributed by atoms with E-state index in [1.54, 1.807) is 39.0 Å². The number of ether oxygens (including phenoxy) is 1. The number of anilines is 1. The minimum atomic E-state index is -0.543. The summed E-state index contributed by atoms with van der Waals surface area (Å²) in [6.07, 6.45) is -0.533. The number of aliphatic hydroxyl groups excluding tert-OH is 1. The Labute approximate surface area is 109 Å². The van der Waals surface area contributed by atoms with Gasteiger partial charge in [-0.3, -0.25) is 5.32 Å². The van der Waals surface area contributed by atoms with Crippen LogP contribution in [0.3, 0.4) is 0 Å². The summed E-state index contributed by atoms with van der Waals surface area (Å²) >= 11 is 3.30. The third kappa shape index (κ3) is 4.75. The number of nitrogens with one attached hydrogen (secondary N) is 1. The van der Waals surface area contributed by atoms with Crippen molar-refractivity contribution in [2.45, 2.75) is 33.0 Å². The molecule has 1 rings (SSSR count). The maximum absolute atomic E-state index is 11.6. The Hall–Kier alpha value is -1.07.